The molecule has 4 aromatic heterocycles. The second-order valence-corrected chi connectivity index (χ2v) is 13.6. The van der Waals surface area contributed by atoms with E-state index in [9.17, 15) is 0 Å². The van der Waals surface area contributed by atoms with E-state index in [1.54, 1.807) is 0 Å². The van der Waals surface area contributed by atoms with Crippen molar-refractivity contribution in [3.63, 3.8) is 0 Å². The summed E-state index contributed by atoms with van der Waals surface area (Å²) in [4.78, 5) is 9.09. The first-order valence-corrected chi connectivity index (χ1v) is 18.4. The average Bonchev–Trinajstić information content (AvgIpc) is 3.60. The number of rotatable bonds is 12. The Bertz CT molecular complexity index is 2550. The number of para-hydroxylation sites is 1. The number of anilines is 2. The third-order valence-electron chi connectivity index (χ3n) is 10.2. The molecule has 0 bridgehead atoms. The molecule has 8 aromatic rings. The molecule has 2 unspecified atom stereocenters. The van der Waals surface area contributed by atoms with Crippen LogP contribution in [0.15, 0.2) is 146 Å². The van der Waals surface area contributed by atoms with Crippen LogP contribution in [0.1, 0.15) is 57.7 Å². The number of fused-ring (bicyclic) bond motifs is 3. The highest BCUT2D eigenvalue weighted by molar-refractivity contribution is 5.94. The molecule has 2 atom stereocenters. The number of nitrogens with one attached hydrogen (secondary N) is 2. The topological polar surface area (TPSA) is 111 Å². The summed E-state index contributed by atoms with van der Waals surface area (Å²) in [6, 6.07) is 43.6. The molecular weight excluding hydrogens is 669 g/mol. The van der Waals surface area contributed by atoms with Crippen LogP contribution in [0.25, 0.3) is 21.5 Å². The predicted octanol–water partition coefficient (Wildman–Crippen LogP) is 8.72. The zero-order chi connectivity index (χ0) is 36.1. The largest absolute Gasteiger partial charge is 0.492 e. The number of benzene rings is 4. The third-order valence-corrected chi connectivity index (χ3v) is 10.2. The molecule has 2 N–H and O–H groups in total. The van der Waals surface area contributed by atoms with Crippen LogP contribution in [0, 0.1) is 0 Å². The number of aromatic nitrogens is 6. The zero-order valence-corrected chi connectivity index (χ0v) is 29.6. The van der Waals surface area contributed by atoms with E-state index in [0.29, 0.717) is 26.0 Å². The molecule has 264 valence electrons. The summed E-state index contributed by atoms with van der Waals surface area (Å²) in [5.41, 5.74) is 7.76. The van der Waals surface area contributed by atoms with Crippen molar-refractivity contribution in [2.24, 2.45) is 0 Å². The van der Waals surface area contributed by atoms with E-state index in [-0.39, 0.29) is 12.0 Å². The van der Waals surface area contributed by atoms with Crippen LogP contribution in [-0.2, 0) is 12.8 Å². The molecule has 1 aliphatic carbocycles. The fourth-order valence-corrected chi connectivity index (χ4v) is 7.57. The molecule has 9 nitrogen and oxygen atoms in total. The van der Waals surface area contributed by atoms with Gasteiger partial charge in [-0.2, -0.15) is 10.2 Å². The van der Waals surface area contributed by atoms with Crippen molar-refractivity contribution < 1.29 is 4.74 Å². The minimum Gasteiger partial charge on any atom is -0.492 e. The van der Waals surface area contributed by atoms with Crippen molar-refractivity contribution in [3.8, 4) is 5.75 Å². The average molecular weight is 707 g/mol. The maximum absolute atomic E-state index is 5.87. The minimum atomic E-state index is 0.0494. The molecule has 0 fully saturated rings. The summed E-state index contributed by atoms with van der Waals surface area (Å²) in [5, 5.41) is 30.3. The van der Waals surface area contributed by atoms with E-state index < -0.39 is 0 Å². The van der Waals surface area contributed by atoms with Crippen molar-refractivity contribution in [1.29, 1.82) is 0 Å². The number of hydrogen-bond acceptors (Lipinski definition) is 9. The Morgan fingerprint density at radius 2 is 1.19 bits per heavy atom. The lowest BCUT2D eigenvalue weighted by molar-refractivity contribution is 0.333. The van der Waals surface area contributed by atoms with Crippen molar-refractivity contribution in [3.05, 3.63) is 185 Å². The second-order valence-electron chi connectivity index (χ2n) is 13.6. The molecule has 0 aliphatic heterocycles. The molecule has 0 radical (unpaired) electrons. The molecule has 4 aromatic carbocycles. The van der Waals surface area contributed by atoms with E-state index in [4.69, 9.17) is 25.0 Å². The zero-order valence-electron chi connectivity index (χ0n) is 29.6. The van der Waals surface area contributed by atoms with Crippen LogP contribution in [0.2, 0.25) is 0 Å². The number of hydrogen-bond donors (Lipinski definition) is 2. The summed E-state index contributed by atoms with van der Waals surface area (Å²) >= 11 is 0. The lowest BCUT2D eigenvalue weighted by Crippen LogP contribution is -2.13. The number of ether oxygens (including phenoxy) is 1. The second kappa shape index (κ2) is 15.1. The fourth-order valence-electron chi connectivity index (χ4n) is 7.57. The maximum Gasteiger partial charge on any atom is 0.157 e. The van der Waals surface area contributed by atoms with Gasteiger partial charge in [-0.1, -0.05) is 91.0 Å². The molecule has 0 amide bonds. The third kappa shape index (κ3) is 6.91. The molecule has 9 rings (SSSR count). The van der Waals surface area contributed by atoms with Crippen LogP contribution in [0.5, 0.6) is 5.75 Å². The van der Waals surface area contributed by atoms with Gasteiger partial charge >= 0.3 is 0 Å². The summed E-state index contributed by atoms with van der Waals surface area (Å²) < 4.78 is 5.87. The molecule has 1 aliphatic rings. The SMILES string of the molecule is c1ccc(OCCNc2nnc(Cc3ccnc(C4CC(Nc5nnc(Cc6ccncc6)c6ccccc56)c5ccccc54)c3)c3ccccc23)cc1. The van der Waals surface area contributed by atoms with Gasteiger partial charge in [-0.15, -0.1) is 10.2 Å². The molecule has 0 saturated heterocycles. The van der Waals surface area contributed by atoms with Gasteiger partial charge in [-0.25, -0.2) is 0 Å². The van der Waals surface area contributed by atoms with Gasteiger partial charge in [-0.3, -0.25) is 9.97 Å². The summed E-state index contributed by atoms with van der Waals surface area (Å²) in [6.45, 7) is 1.13. The van der Waals surface area contributed by atoms with Gasteiger partial charge in [0.05, 0.1) is 24.0 Å². The molecular formula is C45H38N8O. The number of pyridine rings is 2. The number of nitrogens with zero attached hydrogens (tertiary/aromatic N) is 6. The maximum atomic E-state index is 5.87. The highest BCUT2D eigenvalue weighted by atomic mass is 16.5. The Balaban J connectivity index is 0.937. The monoisotopic (exact) mass is 706 g/mol. The summed E-state index contributed by atoms with van der Waals surface area (Å²) in [6.07, 6.45) is 7.74. The highest BCUT2D eigenvalue weighted by Gasteiger charge is 2.33. The lowest BCUT2D eigenvalue weighted by atomic mass is 9.95. The quantitative estimate of drug-likeness (QED) is 0.121. The van der Waals surface area contributed by atoms with Crippen molar-refractivity contribution >= 4 is 33.2 Å². The van der Waals surface area contributed by atoms with Gasteiger partial charge in [0.15, 0.2) is 11.6 Å². The summed E-state index contributed by atoms with van der Waals surface area (Å²) in [5.74, 6) is 2.51. The fraction of sp³-hybridized carbons (Fsp3) is 0.156. The van der Waals surface area contributed by atoms with E-state index in [1.165, 1.54) is 11.1 Å². The van der Waals surface area contributed by atoms with Crippen molar-refractivity contribution in [2.75, 3.05) is 23.8 Å². The predicted molar refractivity (Wildman–Crippen MR) is 213 cm³/mol. The normalized spacial score (nSPS) is 14.9. The van der Waals surface area contributed by atoms with Crippen molar-refractivity contribution in [2.45, 2.75) is 31.2 Å². The van der Waals surface area contributed by atoms with Gasteiger partial charge in [0.25, 0.3) is 0 Å². The van der Waals surface area contributed by atoms with Crippen LogP contribution < -0.4 is 15.4 Å². The Hall–Kier alpha value is -6.74. The molecule has 54 heavy (non-hydrogen) atoms. The Morgan fingerprint density at radius 3 is 1.94 bits per heavy atom. The first kappa shape index (κ1) is 33.1. The van der Waals surface area contributed by atoms with Gasteiger partial charge in [-0.05, 0) is 65.1 Å². The van der Waals surface area contributed by atoms with E-state index in [2.05, 4.69) is 99.6 Å². The lowest BCUT2D eigenvalue weighted by Gasteiger charge is -2.17. The minimum absolute atomic E-state index is 0.0494. The van der Waals surface area contributed by atoms with Crippen LogP contribution in [0.4, 0.5) is 11.6 Å². The van der Waals surface area contributed by atoms with E-state index in [0.717, 1.165) is 73.6 Å². The standard InChI is InChI=1S/C45H38N8O/c1-2-10-32(11-3-1)54-25-24-48-44-37-16-8-6-14-35(37)43(50-52-44)28-31-20-23-47-40(27-31)39-29-41(34-13-5-4-12-33(34)39)49-45-38-17-9-7-15-36(38)42(51-53-45)26-30-18-21-46-22-19-30/h1-23,27,39,41H,24-26,28-29H2,(H,48,52)(H,49,53). The first-order valence-electron chi connectivity index (χ1n) is 18.4. The molecule has 0 saturated carbocycles. The van der Waals surface area contributed by atoms with Crippen LogP contribution in [0.3, 0.4) is 0 Å². The highest BCUT2D eigenvalue weighted by Crippen LogP contribution is 2.45. The Morgan fingerprint density at radius 1 is 0.574 bits per heavy atom. The molecule has 0 spiro atoms. The van der Waals surface area contributed by atoms with E-state index >= 15 is 0 Å². The van der Waals surface area contributed by atoms with E-state index in [1.807, 2.05) is 67.1 Å². The van der Waals surface area contributed by atoms with Gasteiger partial charge in [0, 0.05) is 64.6 Å². The molecule has 4 heterocycles. The van der Waals surface area contributed by atoms with Gasteiger partial charge in [0.1, 0.15) is 12.4 Å². The Labute approximate surface area is 313 Å². The first-order chi connectivity index (χ1) is 26.8. The van der Waals surface area contributed by atoms with Gasteiger partial charge in [0.2, 0.25) is 0 Å². The smallest absolute Gasteiger partial charge is 0.157 e. The van der Waals surface area contributed by atoms with Crippen LogP contribution in [-0.4, -0.2) is 43.5 Å². The summed E-state index contributed by atoms with van der Waals surface area (Å²) in [7, 11) is 0. The van der Waals surface area contributed by atoms with Crippen LogP contribution >= 0.6 is 0 Å². The Kier molecular flexibility index (Phi) is 9.25. The van der Waals surface area contributed by atoms with Crippen molar-refractivity contribution in [1.82, 2.24) is 30.4 Å². The van der Waals surface area contributed by atoms with Gasteiger partial charge < -0.3 is 15.4 Å². The molecule has 9 heteroatoms.